The molecular weight excluding hydrogens is 264 g/mol. The van der Waals surface area contributed by atoms with E-state index >= 15 is 0 Å². The van der Waals surface area contributed by atoms with Crippen LogP contribution in [0.1, 0.15) is 28.8 Å². The van der Waals surface area contributed by atoms with Crippen LogP contribution in [0.3, 0.4) is 0 Å². The molecular formula is C17H18N2O2. The van der Waals surface area contributed by atoms with Gasteiger partial charge in [-0.1, -0.05) is 18.2 Å². The van der Waals surface area contributed by atoms with Crippen molar-refractivity contribution in [3.8, 4) is 5.75 Å². The van der Waals surface area contributed by atoms with Crippen molar-refractivity contribution in [1.29, 1.82) is 0 Å². The SMILES string of the molecule is Nc1cccc(CN(C(=O)c2cccc(O)c2)C2CC2)c1. The van der Waals surface area contributed by atoms with Crippen LogP contribution in [0.15, 0.2) is 48.5 Å². The van der Waals surface area contributed by atoms with Crippen LogP contribution in [0.5, 0.6) is 5.75 Å². The van der Waals surface area contributed by atoms with Crippen molar-refractivity contribution in [3.63, 3.8) is 0 Å². The molecule has 0 saturated heterocycles. The first kappa shape index (κ1) is 13.5. The summed E-state index contributed by atoms with van der Waals surface area (Å²) in [6, 6.07) is 14.4. The van der Waals surface area contributed by atoms with Gasteiger partial charge in [0.2, 0.25) is 0 Å². The van der Waals surface area contributed by atoms with Gasteiger partial charge in [-0.25, -0.2) is 0 Å². The Labute approximate surface area is 123 Å². The van der Waals surface area contributed by atoms with Crippen molar-refractivity contribution in [1.82, 2.24) is 4.90 Å². The minimum absolute atomic E-state index is 0.0455. The van der Waals surface area contributed by atoms with E-state index in [1.165, 1.54) is 6.07 Å². The Morgan fingerprint density at radius 2 is 1.95 bits per heavy atom. The molecule has 1 aliphatic rings. The summed E-state index contributed by atoms with van der Waals surface area (Å²) in [7, 11) is 0. The van der Waals surface area contributed by atoms with Crippen molar-refractivity contribution in [2.45, 2.75) is 25.4 Å². The highest BCUT2D eigenvalue weighted by Crippen LogP contribution is 2.30. The molecule has 0 atom stereocenters. The minimum atomic E-state index is -0.0455. The number of phenolic OH excluding ortho intramolecular Hbond substituents is 1. The van der Waals surface area contributed by atoms with E-state index in [-0.39, 0.29) is 11.7 Å². The number of carbonyl (C=O) groups excluding carboxylic acids is 1. The first-order valence-electron chi connectivity index (χ1n) is 7.08. The van der Waals surface area contributed by atoms with E-state index in [1.54, 1.807) is 18.2 Å². The average Bonchev–Trinajstić information content (AvgIpc) is 3.29. The summed E-state index contributed by atoms with van der Waals surface area (Å²) in [5, 5.41) is 9.54. The Kier molecular flexibility index (Phi) is 3.52. The number of nitrogens with two attached hydrogens (primary N) is 1. The van der Waals surface area contributed by atoms with E-state index in [4.69, 9.17) is 5.73 Å². The summed E-state index contributed by atoms with van der Waals surface area (Å²) in [6.45, 7) is 0.546. The van der Waals surface area contributed by atoms with Crippen LogP contribution < -0.4 is 5.73 Å². The third-order valence-corrected chi connectivity index (χ3v) is 3.65. The standard InChI is InChI=1S/C17H18N2O2/c18-14-5-1-3-12(9-14)11-19(15-7-8-15)17(21)13-4-2-6-16(20)10-13/h1-6,9-10,15,20H,7-8,11,18H2. The molecule has 0 radical (unpaired) electrons. The topological polar surface area (TPSA) is 66.6 Å². The third-order valence-electron chi connectivity index (χ3n) is 3.65. The number of hydrogen-bond acceptors (Lipinski definition) is 3. The molecule has 21 heavy (non-hydrogen) atoms. The molecule has 108 valence electrons. The molecule has 1 saturated carbocycles. The fourth-order valence-electron chi connectivity index (χ4n) is 2.45. The van der Waals surface area contributed by atoms with Gasteiger partial charge >= 0.3 is 0 Å². The zero-order chi connectivity index (χ0) is 14.8. The van der Waals surface area contributed by atoms with E-state index in [1.807, 2.05) is 29.2 Å². The molecule has 2 aromatic carbocycles. The van der Waals surface area contributed by atoms with Crippen molar-refractivity contribution >= 4 is 11.6 Å². The van der Waals surface area contributed by atoms with Gasteiger partial charge in [0.1, 0.15) is 5.75 Å². The van der Waals surface area contributed by atoms with Crippen LogP contribution in [-0.4, -0.2) is 22.0 Å². The lowest BCUT2D eigenvalue weighted by Gasteiger charge is -2.23. The predicted octanol–water partition coefficient (Wildman–Crippen LogP) is 2.78. The number of rotatable bonds is 4. The molecule has 0 heterocycles. The van der Waals surface area contributed by atoms with Crippen LogP contribution in [-0.2, 0) is 6.54 Å². The van der Waals surface area contributed by atoms with Gasteiger partial charge in [0, 0.05) is 23.8 Å². The van der Waals surface area contributed by atoms with Gasteiger partial charge < -0.3 is 15.7 Å². The normalized spacial score (nSPS) is 13.9. The largest absolute Gasteiger partial charge is 0.508 e. The monoisotopic (exact) mass is 282 g/mol. The Hall–Kier alpha value is -2.49. The van der Waals surface area contributed by atoms with Crippen LogP contribution in [0.2, 0.25) is 0 Å². The Balaban J connectivity index is 1.83. The highest BCUT2D eigenvalue weighted by molar-refractivity contribution is 5.95. The Morgan fingerprint density at radius 3 is 2.62 bits per heavy atom. The van der Waals surface area contributed by atoms with Gasteiger partial charge in [0.25, 0.3) is 5.91 Å². The van der Waals surface area contributed by atoms with E-state index in [0.29, 0.717) is 23.8 Å². The number of aromatic hydroxyl groups is 1. The summed E-state index contributed by atoms with van der Waals surface area (Å²) >= 11 is 0. The molecule has 2 aromatic rings. The van der Waals surface area contributed by atoms with Crippen molar-refractivity contribution < 1.29 is 9.90 Å². The summed E-state index contributed by atoms with van der Waals surface area (Å²) in [6.07, 6.45) is 2.07. The Bertz CT molecular complexity index is 665. The summed E-state index contributed by atoms with van der Waals surface area (Å²) in [5.41, 5.74) is 8.04. The van der Waals surface area contributed by atoms with Crippen LogP contribution in [0.4, 0.5) is 5.69 Å². The molecule has 0 bridgehead atoms. The van der Waals surface area contributed by atoms with E-state index in [9.17, 15) is 9.90 Å². The van der Waals surface area contributed by atoms with Crippen molar-refractivity contribution in [2.24, 2.45) is 0 Å². The lowest BCUT2D eigenvalue weighted by Crippen LogP contribution is -2.32. The number of nitrogen functional groups attached to an aromatic ring is 1. The molecule has 0 spiro atoms. The van der Waals surface area contributed by atoms with Gasteiger partial charge in [0.15, 0.2) is 0 Å². The maximum Gasteiger partial charge on any atom is 0.254 e. The predicted molar refractivity (Wildman–Crippen MR) is 81.9 cm³/mol. The second-order valence-electron chi connectivity index (χ2n) is 5.46. The highest BCUT2D eigenvalue weighted by atomic mass is 16.3. The maximum absolute atomic E-state index is 12.7. The fourth-order valence-corrected chi connectivity index (χ4v) is 2.45. The molecule has 1 aliphatic carbocycles. The second kappa shape index (κ2) is 5.48. The maximum atomic E-state index is 12.7. The number of nitrogens with zero attached hydrogens (tertiary/aromatic N) is 1. The molecule has 3 rings (SSSR count). The zero-order valence-corrected chi connectivity index (χ0v) is 11.7. The molecule has 4 nitrogen and oxygen atoms in total. The lowest BCUT2D eigenvalue weighted by molar-refractivity contribution is 0.0729. The number of carbonyl (C=O) groups is 1. The first-order chi connectivity index (χ1) is 10.1. The van der Waals surface area contributed by atoms with Crippen LogP contribution in [0.25, 0.3) is 0 Å². The quantitative estimate of drug-likeness (QED) is 0.847. The number of benzene rings is 2. The van der Waals surface area contributed by atoms with Gasteiger partial charge in [-0.05, 0) is 48.7 Å². The molecule has 3 N–H and O–H groups in total. The smallest absolute Gasteiger partial charge is 0.254 e. The van der Waals surface area contributed by atoms with E-state index in [0.717, 1.165) is 18.4 Å². The van der Waals surface area contributed by atoms with Crippen LogP contribution >= 0.6 is 0 Å². The molecule has 4 heteroatoms. The molecule has 1 fully saturated rings. The highest BCUT2D eigenvalue weighted by Gasteiger charge is 2.33. The van der Waals surface area contributed by atoms with Crippen molar-refractivity contribution in [2.75, 3.05) is 5.73 Å². The summed E-state index contributed by atoms with van der Waals surface area (Å²) < 4.78 is 0. The van der Waals surface area contributed by atoms with E-state index < -0.39 is 0 Å². The zero-order valence-electron chi connectivity index (χ0n) is 11.7. The number of amides is 1. The fraction of sp³-hybridized carbons (Fsp3) is 0.235. The van der Waals surface area contributed by atoms with E-state index in [2.05, 4.69) is 0 Å². The van der Waals surface area contributed by atoms with Crippen LogP contribution in [0, 0.1) is 0 Å². The molecule has 1 amide bonds. The van der Waals surface area contributed by atoms with Crippen molar-refractivity contribution in [3.05, 3.63) is 59.7 Å². The van der Waals surface area contributed by atoms with Gasteiger partial charge in [-0.15, -0.1) is 0 Å². The number of phenols is 1. The Morgan fingerprint density at radius 1 is 1.19 bits per heavy atom. The summed E-state index contributed by atoms with van der Waals surface area (Å²) in [4.78, 5) is 14.5. The number of hydrogen-bond donors (Lipinski definition) is 2. The number of anilines is 1. The lowest BCUT2D eigenvalue weighted by atomic mass is 10.1. The van der Waals surface area contributed by atoms with Gasteiger partial charge in [-0.3, -0.25) is 4.79 Å². The first-order valence-corrected chi connectivity index (χ1v) is 7.08. The minimum Gasteiger partial charge on any atom is -0.508 e. The molecule has 0 aliphatic heterocycles. The summed E-state index contributed by atoms with van der Waals surface area (Å²) in [5.74, 6) is 0.0661. The third kappa shape index (κ3) is 3.16. The van der Waals surface area contributed by atoms with Gasteiger partial charge in [-0.2, -0.15) is 0 Å². The molecule has 0 unspecified atom stereocenters. The molecule has 0 aromatic heterocycles. The second-order valence-corrected chi connectivity index (χ2v) is 5.46. The average molecular weight is 282 g/mol. The van der Waals surface area contributed by atoms with Gasteiger partial charge in [0.05, 0.1) is 0 Å².